The molecule has 4 rings (SSSR count). The highest BCUT2D eigenvalue weighted by atomic mass is 16.5. The predicted molar refractivity (Wildman–Crippen MR) is 132 cm³/mol. The zero-order chi connectivity index (χ0) is 24.1. The second-order valence-corrected chi connectivity index (χ2v) is 7.68. The Balaban J connectivity index is 1.68. The Bertz CT molecular complexity index is 1310. The first kappa shape index (κ1) is 22.9. The number of methoxy groups -OCH3 is 2. The highest BCUT2D eigenvalue weighted by Gasteiger charge is 2.26. The van der Waals surface area contributed by atoms with Crippen LogP contribution in [0, 0.1) is 0 Å². The van der Waals surface area contributed by atoms with Crippen molar-refractivity contribution in [1.29, 1.82) is 0 Å². The van der Waals surface area contributed by atoms with Crippen LogP contribution in [-0.4, -0.2) is 26.0 Å². The number of para-hydroxylation sites is 1. The molecule has 1 aromatic heterocycles. The number of hydrogen-bond acceptors (Lipinski definition) is 5. The molecular weight excluding hydrogens is 432 g/mol. The lowest BCUT2D eigenvalue weighted by Crippen LogP contribution is -2.22. The van der Waals surface area contributed by atoms with Gasteiger partial charge in [-0.1, -0.05) is 49.4 Å². The van der Waals surface area contributed by atoms with E-state index in [0.29, 0.717) is 40.3 Å². The lowest BCUT2D eigenvalue weighted by Gasteiger charge is -2.16. The van der Waals surface area contributed by atoms with Gasteiger partial charge in [0.05, 0.1) is 25.8 Å². The van der Waals surface area contributed by atoms with E-state index in [1.165, 1.54) is 7.11 Å². The molecule has 0 fully saturated rings. The summed E-state index contributed by atoms with van der Waals surface area (Å²) >= 11 is 0. The molecule has 0 aliphatic rings. The van der Waals surface area contributed by atoms with Gasteiger partial charge in [-0.3, -0.25) is 9.59 Å². The lowest BCUT2D eigenvalue weighted by atomic mass is 9.95. The van der Waals surface area contributed by atoms with Crippen LogP contribution >= 0.6 is 0 Å². The summed E-state index contributed by atoms with van der Waals surface area (Å²) in [5, 5.41) is 6.41. The SMILES string of the molecule is CC[C@@H](C(=O)Nc1c(C(=O)Nc2ccc(OC)cc2OC)oc2ccccc12)c1ccccc1. The molecule has 0 saturated carbocycles. The zero-order valence-electron chi connectivity index (χ0n) is 19.3. The van der Waals surface area contributed by atoms with Gasteiger partial charge in [0.25, 0.3) is 5.91 Å². The minimum Gasteiger partial charge on any atom is -0.497 e. The molecule has 174 valence electrons. The quantitative estimate of drug-likeness (QED) is 0.346. The number of carbonyl (C=O) groups is 2. The van der Waals surface area contributed by atoms with Gasteiger partial charge < -0.3 is 24.5 Å². The first-order valence-electron chi connectivity index (χ1n) is 11.0. The second kappa shape index (κ2) is 10.1. The molecule has 0 saturated heterocycles. The smallest absolute Gasteiger partial charge is 0.293 e. The summed E-state index contributed by atoms with van der Waals surface area (Å²) in [5.41, 5.74) is 2.18. The van der Waals surface area contributed by atoms with Crippen molar-refractivity contribution in [3.63, 3.8) is 0 Å². The van der Waals surface area contributed by atoms with Gasteiger partial charge in [-0.05, 0) is 36.2 Å². The summed E-state index contributed by atoms with van der Waals surface area (Å²) in [6.45, 7) is 1.95. The summed E-state index contributed by atoms with van der Waals surface area (Å²) in [4.78, 5) is 26.5. The number of rotatable bonds is 8. The standard InChI is InChI=1S/C27H26N2O5/c1-4-19(17-10-6-5-7-11-17)26(30)29-24-20-12-8-9-13-22(20)34-25(24)27(31)28-21-15-14-18(32-2)16-23(21)33-3/h5-16,19H,4H2,1-3H3,(H,28,31)(H,29,30)/t19-/m1/s1. The van der Waals surface area contributed by atoms with E-state index in [-0.39, 0.29) is 17.6 Å². The van der Waals surface area contributed by atoms with Gasteiger partial charge in [0.2, 0.25) is 11.7 Å². The number of fused-ring (bicyclic) bond motifs is 1. The topological polar surface area (TPSA) is 89.8 Å². The van der Waals surface area contributed by atoms with Crippen LogP contribution in [0.3, 0.4) is 0 Å². The average molecular weight is 459 g/mol. The molecule has 2 N–H and O–H groups in total. The number of benzene rings is 3. The number of anilines is 2. The van der Waals surface area contributed by atoms with E-state index < -0.39 is 5.91 Å². The fourth-order valence-electron chi connectivity index (χ4n) is 3.88. The van der Waals surface area contributed by atoms with Crippen LogP contribution in [0.4, 0.5) is 11.4 Å². The number of hydrogen-bond donors (Lipinski definition) is 2. The fraction of sp³-hybridized carbons (Fsp3) is 0.185. The fourth-order valence-corrected chi connectivity index (χ4v) is 3.88. The number of carbonyl (C=O) groups excluding carboxylic acids is 2. The molecule has 7 heteroatoms. The van der Waals surface area contributed by atoms with Crippen molar-refractivity contribution in [3.8, 4) is 11.5 Å². The molecule has 0 radical (unpaired) electrons. The molecule has 4 aromatic rings. The maximum absolute atomic E-state index is 13.3. The molecule has 1 atom stereocenters. The van der Waals surface area contributed by atoms with E-state index in [9.17, 15) is 9.59 Å². The van der Waals surface area contributed by atoms with Crippen molar-refractivity contribution in [3.05, 3.63) is 84.1 Å². The molecule has 1 heterocycles. The minimum atomic E-state index is -0.511. The maximum Gasteiger partial charge on any atom is 0.293 e. The molecule has 7 nitrogen and oxygen atoms in total. The van der Waals surface area contributed by atoms with Crippen molar-refractivity contribution in [1.82, 2.24) is 0 Å². The van der Waals surface area contributed by atoms with E-state index in [4.69, 9.17) is 13.9 Å². The van der Waals surface area contributed by atoms with E-state index in [1.807, 2.05) is 55.5 Å². The van der Waals surface area contributed by atoms with Gasteiger partial charge in [-0.2, -0.15) is 0 Å². The van der Waals surface area contributed by atoms with Crippen LogP contribution in [0.2, 0.25) is 0 Å². The lowest BCUT2D eigenvalue weighted by molar-refractivity contribution is -0.117. The van der Waals surface area contributed by atoms with E-state index in [1.54, 1.807) is 31.4 Å². The normalized spacial score (nSPS) is 11.6. The molecule has 34 heavy (non-hydrogen) atoms. The van der Waals surface area contributed by atoms with Gasteiger partial charge in [0.15, 0.2) is 0 Å². The average Bonchev–Trinajstić information content (AvgIpc) is 3.24. The number of ether oxygens (including phenoxy) is 2. The first-order chi connectivity index (χ1) is 16.5. The predicted octanol–water partition coefficient (Wildman–Crippen LogP) is 5.83. The van der Waals surface area contributed by atoms with Crippen molar-refractivity contribution in [2.75, 3.05) is 24.9 Å². The van der Waals surface area contributed by atoms with E-state index >= 15 is 0 Å². The Labute approximate surface area is 197 Å². The van der Waals surface area contributed by atoms with Crippen LogP contribution in [0.5, 0.6) is 11.5 Å². The van der Waals surface area contributed by atoms with Crippen molar-refractivity contribution >= 4 is 34.2 Å². The summed E-state index contributed by atoms with van der Waals surface area (Å²) in [5.74, 6) is -0.0515. The molecular formula is C27H26N2O5. The Morgan fingerprint density at radius 2 is 1.65 bits per heavy atom. The van der Waals surface area contributed by atoms with Crippen LogP contribution < -0.4 is 20.1 Å². The van der Waals surface area contributed by atoms with Crippen molar-refractivity contribution in [2.45, 2.75) is 19.3 Å². The minimum absolute atomic E-state index is 0.00957. The van der Waals surface area contributed by atoms with Gasteiger partial charge in [-0.15, -0.1) is 0 Å². The molecule has 0 unspecified atom stereocenters. The monoisotopic (exact) mass is 458 g/mol. The van der Waals surface area contributed by atoms with Gasteiger partial charge in [0.1, 0.15) is 22.8 Å². The van der Waals surface area contributed by atoms with Crippen molar-refractivity contribution in [2.24, 2.45) is 0 Å². The Hall–Kier alpha value is -4.26. The molecule has 0 aliphatic heterocycles. The van der Waals surface area contributed by atoms with Crippen LogP contribution in [0.25, 0.3) is 11.0 Å². The van der Waals surface area contributed by atoms with Crippen LogP contribution in [-0.2, 0) is 4.79 Å². The highest BCUT2D eigenvalue weighted by Crippen LogP contribution is 2.35. The third-order valence-electron chi connectivity index (χ3n) is 5.63. The number of furan rings is 1. The Morgan fingerprint density at radius 3 is 2.35 bits per heavy atom. The maximum atomic E-state index is 13.3. The molecule has 0 aliphatic carbocycles. The molecule has 0 spiro atoms. The van der Waals surface area contributed by atoms with Crippen LogP contribution in [0.1, 0.15) is 35.4 Å². The van der Waals surface area contributed by atoms with Crippen LogP contribution in [0.15, 0.2) is 77.2 Å². The summed E-state index contributed by atoms with van der Waals surface area (Å²) in [6, 6.07) is 21.8. The number of amides is 2. The van der Waals surface area contributed by atoms with Gasteiger partial charge in [-0.25, -0.2) is 0 Å². The largest absolute Gasteiger partial charge is 0.497 e. The van der Waals surface area contributed by atoms with Gasteiger partial charge >= 0.3 is 0 Å². The summed E-state index contributed by atoms with van der Waals surface area (Å²) < 4.78 is 16.5. The van der Waals surface area contributed by atoms with E-state index in [2.05, 4.69) is 10.6 Å². The highest BCUT2D eigenvalue weighted by molar-refractivity contribution is 6.15. The third kappa shape index (κ3) is 4.59. The Kier molecular flexibility index (Phi) is 6.82. The Morgan fingerprint density at radius 1 is 0.912 bits per heavy atom. The zero-order valence-corrected chi connectivity index (χ0v) is 19.3. The summed E-state index contributed by atoms with van der Waals surface area (Å²) in [6.07, 6.45) is 0.607. The van der Waals surface area contributed by atoms with E-state index in [0.717, 1.165) is 5.56 Å². The third-order valence-corrected chi connectivity index (χ3v) is 5.63. The number of nitrogens with one attached hydrogen (secondary N) is 2. The van der Waals surface area contributed by atoms with Crippen molar-refractivity contribution < 1.29 is 23.5 Å². The summed E-state index contributed by atoms with van der Waals surface area (Å²) in [7, 11) is 3.06. The molecule has 3 aromatic carbocycles. The second-order valence-electron chi connectivity index (χ2n) is 7.68. The van der Waals surface area contributed by atoms with Gasteiger partial charge in [0, 0.05) is 11.5 Å². The first-order valence-corrected chi connectivity index (χ1v) is 11.0. The molecule has 0 bridgehead atoms. The molecule has 2 amide bonds.